The minimum Gasteiger partial charge on any atom is -0.366 e. The summed E-state index contributed by atoms with van der Waals surface area (Å²) in [7, 11) is 3.13. The molecule has 0 saturated carbocycles. The number of methoxy groups -OCH3 is 2. The summed E-state index contributed by atoms with van der Waals surface area (Å²) in [6.45, 7) is 2.18. The minimum atomic E-state index is -0.463. The molecular weight excluding hydrogens is 256 g/mol. The monoisotopic (exact) mass is 278 g/mol. The Morgan fingerprint density at radius 2 is 1.85 bits per heavy atom. The number of benzene rings is 1. The molecule has 0 saturated heterocycles. The molecule has 0 aliphatic rings. The number of carbonyl (C=O) groups excluding carboxylic acids is 1. The molecule has 0 N–H and O–H groups in total. The second-order valence-corrected chi connectivity index (χ2v) is 4.38. The molecule has 20 heavy (non-hydrogen) atoms. The minimum absolute atomic E-state index is 0.0631. The average molecular weight is 278 g/mol. The molecule has 0 amide bonds. The number of carbonyl (C=O) groups is 1. The third kappa shape index (κ3) is 6.10. The first-order chi connectivity index (χ1) is 9.67. The van der Waals surface area contributed by atoms with Crippen LogP contribution in [0.3, 0.4) is 0 Å². The fourth-order valence-electron chi connectivity index (χ4n) is 1.60. The van der Waals surface area contributed by atoms with Gasteiger partial charge in [-0.2, -0.15) is 0 Å². The highest BCUT2D eigenvalue weighted by Gasteiger charge is 2.10. The second kappa shape index (κ2) is 9.42. The quantitative estimate of drug-likeness (QED) is 0.514. The van der Waals surface area contributed by atoms with Crippen LogP contribution in [0.4, 0.5) is 0 Å². The Bertz CT molecular complexity index is 410. The van der Waals surface area contributed by atoms with Gasteiger partial charge in [0.25, 0.3) is 0 Å². The van der Waals surface area contributed by atoms with Crippen LogP contribution in [0.5, 0.6) is 0 Å². The molecule has 1 atom stereocenters. The van der Waals surface area contributed by atoms with Crippen LogP contribution >= 0.6 is 0 Å². The summed E-state index contributed by atoms with van der Waals surface area (Å²) < 4.78 is 15.6. The lowest BCUT2D eigenvalue weighted by atomic mass is 10.2. The van der Waals surface area contributed by atoms with Crippen LogP contribution in [-0.2, 0) is 25.6 Å². The van der Waals surface area contributed by atoms with Crippen molar-refractivity contribution in [2.24, 2.45) is 0 Å². The lowest BCUT2D eigenvalue weighted by Gasteiger charge is -2.11. The van der Waals surface area contributed by atoms with Crippen molar-refractivity contribution in [3.05, 3.63) is 48.0 Å². The summed E-state index contributed by atoms with van der Waals surface area (Å²) in [6.07, 6.45) is 3.00. The molecule has 0 heterocycles. The van der Waals surface area contributed by atoms with E-state index in [1.165, 1.54) is 6.08 Å². The summed E-state index contributed by atoms with van der Waals surface area (Å²) in [4.78, 5) is 11.8. The van der Waals surface area contributed by atoms with Crippen LogP contribution in [-0.4, -0.2) is 32.4 Å². The number of hydrogen-bond donors (Lipinski definition) is 0. The Morgan fingerprint density at radius 1 is 1.20 bits per heavy atom. The summed E-state index contributed by atoms with van der Waals surface area (Å²) in [5, 5.41) is 0. The Kier molecular flexibility index (Phi) is 7.80. The van der Waals surface area contributed by atoms with E-state index >= 15 is 0 Å². The van der Waals surface area contributed by atoms with E-state index in [2.05, 4.69) is 0 Å². The van der Waals surface area contributed by atoms with Crippen LogP contribution in [0.25, 0.3) is 0 Å². The molecule has 0 aliphatic heterocycles. The maximum Gasteiger partial charge on any atom is 0.183 e. The predicted molar refractivity (Wildman–Crippen MR) is 77.3 cm³/mol. The molecule has 0 spiro atoms. The lowest BCUT2D eigenvalue weighted by molar-refractivity contribution is -0.125. The number of hydrogen-bond acceptors (Lipinski definition) is 4. The average Bonchev–Trinajstić information content (AvgIpc) is 2.50. The third-order valence-electron chi connectivity index (χ3n) is 2.88. The Morgan fingerprint density at radius 3 is 2.45 bits per heavy atom. The standard InChI is InChI=1S/C16H22O4/c1-13(20-12-14-8-5-4-6-9-14)15(17)10-7-11-16(18-2)19-3/h4-10,13,16H,11-12H2,1-3H3/b10-7+/t13-/m1/s1. The van der Waals surface area contributed by atoms with E-state index in [1.807, 2.05) is 30.3 Å². The van der Waals surface area contributed by atoms with E-state index in [1.54, 1.807) is 27.2 Å². The Labute approximate surface area is 120 Å². The van der Waals surface area contributed by atoms with Crippen molar-refractivity contribution in [2.45, 2.75) is 32.3 Å². The molecule has 0 radical (unpaired) electrons. The van der Waals surface area contributed by atoms with Gasteiger partial charge in [0.15, 0.2) is 12.1 Å². The van der Waals surface area contributed by atoms with Crippen molar-refractivity contribution < 1.29 is 19.0 Å². The van der Waals surface area contributed by atoms with Gasteiger partial charge in [-0.3, -0.25) is 4.79 Å². The van der Waals surface area contributed by atoms with E-state index < -0.39 is 6.10 Å². The highest BCUT2D eigenvalue weighted by atomic mass is 16.7. The molecule has 1 aromatic carbocycles. The molecule has 4 nitrogen and oxygen atoms in total. The van der Waals surface area contributed by atoms with Crippen molar-refractivity contribution in [3.63, 3.8) is 0 Å². The third-order valence-corrected chi connectivity index (χ3v) is 2.88. The Balaban J connectivity index is 2.33. The van der Waals surface area contributed by atoms with Gasteiger partial charge in [-0.15, -0.1) is 0 Å². The first-order valence-corrected chi connectivity index (χ1v) is 6.59. The molecule has 110 valence electrons. The molecule has 1 aromatic rings. The molecule has 0 aromatic heterocycles. The molecule has 0 fully saturated rings. The fourth-order valence-corrected chi connectivity index (χ4v) is 1.60. The molecule has 4 heteroatoms. The predicted octanol–water partition coefficient (Wildman–Crippen LogP) is 2.73. The van der Waals surface area contributed by atoms with Crippen LogP contribution in [0.2, 0.25) is 0 Å². The van der Waals surface area contributed by atoms with E-state index in [9.17, 15) is 4.79 Å². The Hall–Kier alpha value is -1.49. The molecular formula is C16H22O4. The molecule has 0 unspecified atom stereocenters. The van der Waals surface area contributed by atoms with E-state index in [-0.39, 0.29) is 12.1 Å². The fraction of sp³-hybridized carbons (Fsp3) is 0.438. The van der Waals surface area contributed by atoms with Gasteiger partial charge in [0.05, 0.1) is 6.61 Å². The van der Waals surface area contributed by atoms with Crippen LogP contribution in [0, 0.1) is 0 Å². The summed E-state index contributed by atoms with van der Waals surface area (Å²) in [5.74, 6) is -0.0631. The lowest BCUT2D eigenvalue weighted by Crippen LogP contribution is -2.18. The topological polar surface area (TPSA) is 44.8 Å². The van der Waals surface area contributed by atoms with Gasteiger partial charge in [-0.25, -0.2) is 0 Å². The summed E-state index contributed by atoms with van der Waals surface area (Å²) in [6, 6.07) is 9.77. The van der Waals surface area contributed by atoms with E-state index in [0.29, 0.717) is 13.0 Å². The van der Waals surface area contributed by atoms with Gasteiger partial charge < -0.3 is 14.2 Å². The van der Waals surface area contributed by atoms with Crippen molar-refractivity contribution in [3.8, 4) is 0 Å². The molecule has 0 bridgehead atoms. The zero-order chi connectivity index (χ0) is 14.8. The van der Waals surface area contributed by atoms with Crippen molar-refractivity contribution in [1.82, 2.24) is 0 Å². The maximum absolute atomic E-state index is 11.8. The van der Waals surface area contributed by atoms with Crippen molar-refractivity contribution >= 4 is 5.78 Å². The summed E-state index contributed by atoms with van der Waals surface area (Å²) in [5.41, 5.74) is 1.05. The number of rotatable bonds is 9. The van der Waals surface area contributed by atoms with Crippen LogP contribution in [0.15, 0.2) is 42.5 Å². The SMILES string of the molecule is COC(C/C=C/C(=O)[C@@H](C)OCc1ccccc1)OC. The van der Waals surface area contributed by atoms with E-state index in [0.717, 1.165) is 5.56 Å². The highest BCUT2D eigenvalue weighted by Crippen LogP contribution is 2.05. The second-order valence-electron chi connectivity index (χ2n) is 4.38. The highest BCUT2D eigenvalue weighted by molar-refractivity contribution is 5.93. The van der Waals surface area contributed by atoms with Gasteiger partial charge >= 0.3 is 0 Å². The van der Waals surface area contributed by atoms with Gasteiger partial charge in [0.1, 0.15) is 6.10 Å². The van der Waals surface area contributed by atoms with Crippen LogP contribution < -0.4 is 0 Å². The van der Waals surface area contributed by atoms with E-state index in [4.69, 9.17) is 14.2 Å². The number of ether oxygens (including phenoxy) is 3. The summed E-state index contributed by atoms with van der Waals surface area (Å²) >= 11 is 0. The normalized spacial score (nSPS) is 13.0. The first kappa shape index (κ1) is 16.6. The number of ketones is 1. The zero-order valence-corrected chi connectivity index (χ0v) is 12.2. The van der Waals surface area contributed by atoms with Gasteiger partial charge in [-0.1, -0.05) is 36.4 Å². The maximum atomic E-state index is 11.8. The van der Waals surface area contributed by atoms with Gasteiger partial charge in [0.2, 0.25) is 0 Å². The largest absolute Gasteiger partial charge is 0.366 e. The molecule has 0 aliphatic carbocycles. The van der Waals surface area contributed by atoms with Crippen molar-refractivity contribution in [2.75, 3.05) is 14.2 Å². The van der Waals surface area contributed by atoms with Gasteiger partial charge in [-0.05, 0) is 18.6 Å². The smallest absolute Gasteiger partial charge is 0.183 e. The van der Waals surface area contributed by atoms with Gasteiger partial charge in [0, 0.05) is 20.6 Å². The van der Waals surface area contributed by atoms with Crippen molar-refractivity contribution in [1.29, 1.82) is 0 Å². The molecule has 1 rings (SSSR count). The zero-order valence-electron chi connectivity index (χ0n) is 12.2. The first-order valence-electron chi connectivity index (χ1n) is 6.59. The van der Waals surface area contributed by atoms with Crippen LogP contribution in [0.1, 0.15) is 18.9 Å².